The highest BCUT2D eigenvalue weighted by molar-refractivity contribution is 5.01. The summed E-state index contributed by atoms with van der Waals surface area (Å²) in [5.41, 5.74) is 1.17. The maximum absolute atomic E-state index is 12.1. The van der Waals surface area contributed by atoms with Gasteiger partial charge in [-0.1, -0.05) is 0 Å². The molecule has 1 aliphatic carbocycles. The van der Waals surface area contributed by atoms with E-state index >= 15 is 0 Å². The van der Waals surface area contributed by atoms with Crippen LogP contribution in [0.3, 0.4) is 0 Å². The van der Waals surface area contributed by atoms with Crippen molar-refractivity contribution in [2.45, 2.75) is 38.9 Å². The molecule has 2 aromatic heterocycles. The lowest BCUT2D eigenvalue weighted by molar-refractivity contribution is 0.624. The normalized spacial score (nSPS) is 15.4. The second-order valence-electron chi connectivity index (χ2n) is 4.52. The largest absolute Gasteiger partial charge is 0.333 e. The number of aromatic nitrogens is 4. The molecule has 0 unspecified atom stereocenters. The second-order valence-corrected chi connectivity index (χ2v) is 4.52. The molecule has 0 aliphatic heterocycles. The van der Waals surface area contributed by atoms with Gasteiger partial charge in [0.1, 0.15) is 0 Å². The van der Waals surface area contributed by atoms with Gasteiger partial charge in [-0.05, 0) is 19.8 Å². The molecule has 1 fully saturated rings. The number of rotatable bonds is 4. The molecule has 90 valence electrons. The predicted molar refractivity (Wildman–Crippen MR) is 64.0 cm³/mol. The molecule has 0 spiro atoms. The topological polar surface area (TPSA) is 44.8 Å². The Morgan fingerprint density at radius 1 is 1.35 bits per heavy atom. The van der Waals surface area contributed by atoms with Gasteiger partial charge in [0.25, 0.3) is 0 Å². The molecule has 0 aromatic carbocycles. The SMILES string of the molecule is CCn1cncc1Cn1ccn(C2CC2)c1=O. The molecule has 0 atom stereocenters. The molecular weight excluding hydrogens is 216 g/mol. The van der Waals surface area contributed by atoms with E-state index in [1.54, 1.807) is 10.9 Å². The third-order valence-electron chi connectivity index (χ3n) is 3.29. The Morgan fingerprint density at radius 3 is 2.88 bits per heavy atom. The van der Waals surface area contributed by atoms with E-state index in [-0.39, 0.29) is 5.69 Å². The molecular formula is C12H16N4O. The molecule has 3 rings (SSSR count). The number of imidazole rings is 2. The van der Waals surface area contributed by atoms with Crippen molar-refractivity contribution in [1.82, 2.24) is 18.7 Å². The minimum absolute atomic E-state index is 0.0938. The van der Waals surface area contributed by atoms with Crippen molar-refractivity contribution in [3.05, 3.63) is 41.1 Å². The summed E-state index contributed by atoms with van der Waals surface area (Å²) in [6.45, 7) is 3.56. The van der Waals surface area contributed by atoms with Crippen molar-refractivity contribution in [3.8, 4) is 0 Å². The van der Waals surface area contributed by atoms with E-state index in [0.717, 1.165) is 25.1 Å². The van der Waals surface area contributed by atoms with Crippen LogP contribution < -0.4 is 5.69 Å². The molecule has 0 saturated heterocycles. The highest BCUT2D eigenvalue weighted by atomic mass is 16.1. The van der Waals surface area contributed by atoms with Crippen LogP contribution in [-0.4, -0.2) is 18.7 Å². The molecule has 1 saturated carbocycles. The van der Waals surface area contributed by atoms with Gasteiger partial charge in [-0.25, -0.2) is 9.78 Å². The number of hydrogen-bond acceptors (Lipinski definition) is 2. The van der Waals surface area contributed by atoms with E-state index in [1.165, 1.54) is 0 Å². The minimum Gasteiger partial charge on any atom is -0.333 e. The van der Waals surface area contributed by atoms with Crippen molar-refractivity contribution < 1.29 is 0 Å². The van der Waals surface area contributed by atoms with E-state index in [4.69, 9.17) is 0 Å². The smallest absolute Gasteiger partial charge is 0.328 e. The summed E-state index contributed by atoms with van der Waals surface area (Å²) in [7, 11) is 0. The van der Waals surface area contributed by atoms with Crippen LogP contribution in [-0.2, 0) is 13.1 Å². The Bertz CT molecular complexity index is 573. The number of hydrogen-bond donors (Lipinski definition) is 0. The first-order valence-corrected chi connectivity index (χ1v) is 6.06. The van der Waals surface area contributed by atoms with Crippen molar-refractivity contribution in [2.75, 3.05) is 0 Å². The van der Waals surface area contributed by atoms with Gasteiger partial charge in [0.15, 0.2) is 0 Å². The number of aryl methyl sites for hydroxylation is 1. The van der Waals surface area contributed by atoms with Crippen LogP contribution in [0.5, 0.6) is 0 Å². The monoisotopic (exact) mass is 232 g/mol. The standard InChI is InChI=1S/C12H16N4O/c1-2-14-9-13-7-11(14)8-15-5-6-16(12(15)17)10-3-4-10/h5-7,9-10H,2-4,8H2,1H3. The van der Waals surface area contributed by atoms with Gasteiger partial charge in [-0.3, -0.25) is 9.13 Å². The Morgan fingerprint density at radius 2 is 2.18 bits per heavy atom. The molecule has 17 heavy (non-hydrogen) atoms. The third-order valence-corrected chi connectivity index (χ3v) is 3.29. The summed E-state index contributed by atoms with van der Waals surface area (Å²) in [5, 5.41) is 0. The summed E-state index contributed by atoms with van der Waals surface area (Å²) in [6, 6.07) is 0.444. The first kappa shape index (κ1) is 10.4. The van der Waals surface area contributed by atoms with Crippen molar-refractivity contribution in [3.63, 3.8) is 0 Å². The van der Waals surface area contributed by atoms with Crippen LogP contribution in [0.1, 0.15) is 31.5 Å². The molecule has 0 bridgehead atoms. The summed E-state index contributed by atoms with van der Waals surface area (Å²) in [5.74, 6) is 0. The average Bonchev–Trinajstić information content (AvgIpc) is 2.97. The van der Waals surface area contributed by atoms with E-state index in [2.05, 4.69) is 16.5 Å². The Balaban J connectivity index is 1.88. The van der Waals surface area contributed by atoms with Gasteiger partial charge < -0.3 is 4.57 Å². The van der Waals surface area contributed by atoms with Crippen LogP contribution in [0.25, 0.3) is 0 Å². The van der Waals surface area contributed by atoms with E-state index in [9.17, 15) is 4.79 Å². The first-order valence-electron chi connectivity index (χ1n) is 6.06. The van der Waals surface area contributed by atoms with Crippen LogP contribution >= 0.6 is 0 Å². The van der Waals surface area contributed by atoms with Gasteiger partial charge in [-0.2, -0.15) is 0 Å². The molecule has 2 aromatic rings. The van der Waals surface area contributed by atoms with Gasteiger partial charge in [0.2, 0.25) is 0 Å². The van der Waals surface area contributed by atoms with Gasteiger partial charge in [-0.15, -0.1) is 0 Å². The molecule has 0 N–H and O–H groups in total. The van der Waals surface area contributed by atoms with Crippen LogP contribution in [0.2, 0.25) is 0 Å². The average molecular weight is 232 g/mol. The lowest BCUT2D eigenvalue weighted by atomic mass is 10.4. The van der Waals surface area contributed by atoms with Gasteiger partial charge in [0, 0.05) is 31.2 Å². The minimum atomic E-state index is 0.0938. The van der Waals surface area contributed by atoms with Crippen LogP contribution in [0.15, 0.2) is 29.7 Å². The lowest BCUT2D eigenvalue weighted by Gasteiger charge is -2.05. The predicted octanol–water partition coefficient (Wildman–Crippen LogP) is 1.25. The molecule has 1 aliphatic rings. The molecule has 0 radical (unpaired) electrons. The zero-order valence-corrected chi connectivity index (χ0v) is 9.91. The zero-order valence-electron chi connectivity index (χ0n) is 9.91. The zero-order chi connectivity index (χ0) is 11.8. The Kier molecular flexibility index (Phi) is 2.39. The van der Waals surface area contributed by atoms with Crippen LogP contribution in [0.4, 0.5) is 0 Å². The Hall–Kier alpha value is -1.78. The maximum Gasteiger partial charge on any atom is 0.328 e. The number of nitrogens with zero attached hydrogens (tertiary/aromatic N) is 4. The second kappa shape index (κ2) is 3.91. The van der Waals surface area contributed by atoms with Crippen molar-refractivity contribution in [1.29, 1.82) is 0 Å². The fourth-order valence-electron chi connectivity index (χ4n) is 2.12. The van der Waals surface area contributed by atoms with Crippen molar-refractivity contribution in [2.24, 2.45) is 0 Å². The first-order chi connectivity index (χ1) is 8.29. The van der Waals surface area contributed by atoms with E-state index < -0.39 is 0 Å². The van der Waals surface area contributed by atoms with E-state index in [1.807, 2.05) is 23.2 Å². The summed E-state index contributed by atoms with van der Waals surface area (Å²) < 4.78 is 5.65. The van der Waals surface area contributed by atoms with Gasteiger partial charge >= 0.3 is 5.69 Å². The highest BCUT2D eigenvalue weighted by Gasteiger charge is 2.25. The highest BCUT2D eigenvalue weighted by Crippen LogP contribution is 2.33. The molecule has 2 heterocycles. The summed E-state index contributed by atoms with van der Waals surface area (Å²) in [4.78, 5) is 16.2. The van der Waals surface area contributed by atoms with Crippen molar-refractivity contribution >= 4 is 0 Å². The third kappa shape index (κ3) is 1.81. The summed E-state index contributed by atoms with van der Waals surface area (Å²) >= 11 is 0. The molecule has 0 amide bonds. The van der Waals surface area contributed by atoms with E-state index in [0.29, 0.717) is 12.6 Å². The fourth-order valence-corrected chi connectivity index (χ4v) is 2.12. The fraction of sp³-hybridized carbons (Fsp3) is 0.500. The molecule has 5 heteroatoms. The maximum atomic E-state index is 12.1. The Labute approximate surface area is 99.3 Å². The summed E-state index contributed by atoms with van der Waals surface area (Å²) in [6.07, 6.45) is 9.66. The lowest BCUT2D eigenvalue weighted by Crippen LogP contribution is -2.24. The van der Waals surface area contributed by atoms with Gasteiger partial charge in [0.05, 0.1) is 18.6 Å². The quantitative estimate of drug-likeness (QED) is 0.796. The molecule has 5 nitrogen and oxygen atoms in total. The van der Waals surface area contributed by atoms with Crippen LogP contribution in [0, 0.1) is 0 Å².